The highest BCUT2D eigenvalue weighted by molar-refractivity contribution is 5.76. The highest BCUT2D eigenvalue weighted by atomic mass is 19.4. The van der Waals surface area contributed by atoms with Gasteiger partial charge in [-0.15, -0.1) is 0 Å². The molecule has 0 aromatic heterocycles. The zero-order valence-corrected chi connectivity index (χ0v) is 23.1. The minimum absolute atomic E-state index is 0.00954. The average Bonchev–Trinajstić information content (AvgIpc) is 2.95. The number of amides is 3. The minimum Gasteiger partial charge on any atom is -0.442 e. The van der Waals surface area contributed by atoms with Crippen LogP contribution < -0.4 is 5.32 Å². The second kappa shape index (κ2) is 12.5. The molecule has 1 fully saturated rings. The fourth-order valence-electron chi connectivity index (χ4n) is 4.89. The number of hydrogen-bond donors (Lipinski definition) is 1. The summed E-state index contributed by atoms with van der Waals surface area (Å²) in [5.74, 6) is -0.522. The summed E-state index contributed by atoms with van der Waals surface area (Å²) in [5.41, 5.74) is -1.65. The van der Waals surface area contributed by atoms with Crippen molar-refractivity contribution in [1.29, 1.82) is 0 Å². The Kier molecular flexibility index (Phi) is 9.21. The van der Waals surface area contributed by atoms with E-state index >= 15 is 0 Å². The van der Waals surface area contributed by atoms with Crippen molar-refractivity contribution in [2.24, 2.45) is 0 Å². The number of halogens is 7. The van der Waals surface area contributed by atoms with E-state index in [0.29, 0.717) is 23.3 Å². The number of piperazine rings is 1. The molecule has 1 saturated heterocycles. The van der Waals surface area contributed by atoms with Crippen molar-refractivity contribution in [2.75, 3.05) is 19.6 Å². The number of alkyl halides is 6. The Hall–Kier alpha value is -4.29. The molecule has 3 aromatic carbocycles. The van der Waals surface area contributed by atoms with Gasteiger partial charge in [0.2, 0.25) is 0 Å². The quantitative estimate of drug-likeness (QED) is 0.302. The lowest BCUT2D eigenvalue weighted by molar-refractivity contribution is -0.143. The third-order valence-corrected chi connectivity index (χ3v) is 7.13. The molecule has 6 nitrogen and oxygen atoms in total. The van der Waals surface area contributed by atoms with Crippen molar-refractivity contribution in [2.45, 2.75) is 44.9 Å². The van der Waals surface area contributed by atoms with Gasteiger partial charge in [0.25, 0.3) is 0 Å². The van der Waals surface area contributed by atoms with Gasteiger partial charge < -0.3 is 19.9 Å². The van der Waals surface area contributed by atoms with Gasteiger partial charge in [0, 0.05) is 26.2 Å². The number of urea groups is 1. The Labute approximate surface area is 243 Å². The van der Waals surface area contributed by atoms with Crippen molar-refractivity contribution in [1.82, 2.24) is 15.1 Å². The van der Waals surface area contributed by atoms with Crippen molar-refractivity contribution < 1.29 is 45.1 Å². The number of rotatable bonds is 5. The van der Waals surface area contributed by atoms with Gasteiger partial charge in [-0.25, -0.2) is 14.0 Å². The molecule has 4 rings (SSSR count). The maximum Gasteiger partial charge on any atom is 0.416 e. The summed E-state index contributed by atoms with van der Waals surface area (Å²) < 4.78 is 99.2. The van der Waals surface area contributed by atoms with Gasteiger partial charge in [-0.05, 0) is 66.4 Å². The molecule has 0 bridgehead atoms. The van der Waals surface area contributed by atoms with Crippen LogP contribution in [0.4, 0.5) is 40.3 Å². The van der Waals surface area contributed by atoms with Gasteiger partial charge in [-0.1, -0.05) is 36.4 Å². The molecular weight excluding hydrogens is 583 g/mol. The molecule has 2 atom stereocenters. The molecule has 0 radical (unpaired) electrons. The fourth-order valence-corrected chi connectivity index (χ4v) is 4.89. The van der Waals surface area contributed by atoms with Crippen molar-refractivity contribution >= 4 is 12.1 Å². The molecule has 1 aliphatic rings. The first-order chi connectivity index (χ1) is 20.1. The smallest absolute Gasteiger partial charge is 0.416 e. The molecule has 3 aromatic rings. The van der Waals surface area contributed by atoms with Crippen LogP contribution in [0.3, 0.4) is 0 Å². The first kappa shape index (κ1) is 31.6. The number of carbonyl (C=O) groups excluding carboxylic acids is 2. The van der Waals surface area contributed by atoms with E-state index in [1.165, 1.54) is 28.0 Å². The second-order valence-electron chi connectivity index (χ2n) is 10.2. The first-order valence-electron chi connectivity index (χ1n) is 13.2. The number of aryl methyl sites for hydroxylation is 1. The normalized spacial score (nSPS) is 16.5. The van der Waals surface area contributed by atoms with Crippen LogP contribution in [0.25, 0.3) is 0 Å². The second-order valence-corrected chi connectivity index (χ2v) is 10.2. The summed E-state index contributed by atoms with van der Waals surface area (Å²) in [6.07, 6.45) is -11.3. The van der Waals surface area contributed by atoms with E-state index in [0.717, 1.165) is 5.56 Å². The van der Waals surface area contributed by atoms with Crippen molar-refractivity contribution in [3.8, 4) is 0 Å². The Morgan fingerprint density at radius 1 is 0.930 bits per heavy atom. The van der Waals surface area contributed by atoms with Crippen LogP contribution in [0.1, 0.15) is 52.5 Å². The number of benzene rings is 3. The van der Waals surface area contributed by atoms with Gasteiger partial charge in [0.05, 0.1) is 17.2 Å². The van der Waals surface area contributed by atoms with Crippen LogP contribution in [0.15, 0.2) is 66.7 Å². The molecule has 43 heavy (non-hydrogen) atoms. The van der Waals surface area contributed by atoms with Gasteiger partial charge in [0.1, 0.15) is 11.9 Å². The Morgan fingerprint density at radius 3 is 2.14 bits per heavy atom. The third kappa shape index (κ3) is 7.76. The fraction of sp³-hybridized carbons (Fsp3) is 0.333. The highest BCUT2D eigenvalue weighted by Crippen LogP contribution is 2.36. The standard InChI is InChI=1S/C30H28F7N3O3/c1-18-12-24(31)8-9-25(18)26-17-39(28(42)43-19(2)21-6-4-3-5-7-21)10-11-40(26)27(41)38-16-20-13-22(29(32,33)34)15-23(14-20)30(35,36)37/h3-9,12-15,19,26H,10-11,16-17H2,1-2H3,(H,38,41)/t19-,26?/m1/s1. The van der Waals surface area contributed by atoms with E-state index in [-0.39, 0.29) is 25.7 Å². The molecule has 230 valence electrons. The SMILES string of the molecule is Cc1cc(F)ccc1C1CN(C(=O)O[C@H](C)c2ccccc2)CCN1C(=O)NCc1cc(C(F)(F)F)cc(C(F)(F)F)c1. The van der Waals surface area contributed by atoms with Crippen LogP contribution in [0, 0.1) is 12.7 Å². The van der Waals surface area contributed by atoms with Crippen molar-refractivity contribution in [3.63, 3.8) is 0 Å². The molecule has 1 unspecified atom stereocenters. The minimum atomic E-state index is -5.03. The highest BCUT2D eigenvalue weighted by Gasteiger charge is 2.38. The lowest BCUT2D eigenvalue weighted by Crippen LogP contribution is -2.54. The molecule has 3 amide bonds. The predicted octanol–water partition coefficient (Wildman–Crippen LogP) is 7.64. The Balaban J connectivity index is 1.54. The van der Waals surface area contributed by atoms with Gasteiger partial charge in [0.15, 0.2) is 0 Å². The molecule has 0 aliphatic carbocycles. The number of nitrogens with one attached hydrogen (secondary N) is 1. The molecule has 1 aliphatic heterocycles. The average molecular weight is 612 g/mol. The van der Waals surface area contributed by atoms with E-state index in [1.54, 1.807) is 38.1 Å². The van der Waals surface area contributed by atoms with Crippen LogP contribution in [0.5, 0.6) is 0 Å². The monoisotopic (exact) mass is 611 g/mol. The summed E-state index contributed by atoms with van der Waals surface area (Å²) >= 11 is 0. The molecule has 13 heteroatoms. The molecule has 1 N–H and O–H groups in total. The number of ether oxygens (including phenoxy) is 1. The van der Waals surface area contributed by atoms with Gasteiger partial charge in [-0.3, -0.25) is 0 Å². The van der Waals surface area contributed by atoms with E-state index in [4.69, 9.17) is 4.74 Å². The van der Waals surface area contributed by atoms with Gasteiger partial charge in [-0.2, -0.15) is 26.3 Å². The molecule has 1 heterocycles. The van der Waals surface area contributed by atoms with Crippen LogP contribution >= 0.6 is 0 Å². The first-order valence-corrected chi connectivity index (χ1v) is 13.2. The van der Waals surface area contributed by atoms with Crippen molar-refractivity contribution in [3.05, 3.63) is 106 Å². The molecule has 0 saturated carbocycles. The summed E-state index contributed by atoms with van der Waals surface area (Å²) in [7, 11) is 0. The maximum absolute atomic E-state index is 13.9. The predicted molar refractivity (Wildman–Crippen MR) is 142 cm³/mol. The summed E-state index contributed by atoms with van der Waals surface area (Å²) in [4.78, 5) is 29.0. The van der Waals surface area contributed by atoms with Crippen LogP contribution in [0.2, 0.25) is 0 Å². The topological polar surface area (TPSA) is 61.9 Å². The zero-order valence-electron chi connectivity index (χ0n) is 23.1. The number of carbonyl (C=O) groups is 2. The molecule has 0 spiro atoms. The third-order valence-electron chi connectivity index (χ3n) is 7.13. The number of hydrogen-bond acceptors (Lipinski definition) is 3. The summed E-state index contributed by atoms with van der Waals surface area (Å²) in [6.45, 7) is 2.63. The van der Waals surface area contributed by atoms with E-state index in [1.807, 2.05) is 6.07 Å². The lowest BCUT2D eigenvalue weighted by Gasteiger charge is -2.41. The number of nitrogens with zero attached hydrogens (tertiary/aromatic N) is 2. The van der Waals surface area contributed by atoms with Crippen LogP contribution in [-0.4, -0.2) is 41.6 Å². The largest absolute Gasteiger partial charge is 0.442 e. The van der Waals surface area contributed by atoms with E-state index in [9.17, 15) is 40.3 Å². The Morgan fingerprint density at radius 2 is 1.56 bits per heavy atom. The Bertz CT molecular complexity index is 1430. The zero-order chi connectivity index (χ0) is 31.5. The van der Waals surface area contributed by atoms with E-state index in [2.05, 4.69) is 5.32 Å². The van der Waals surface area contributed by atoms with Crippen LogP contribution in [-0.2, 0) is 23.6 Å². The van der Waals surface area contributed by atoms with Gasteiger partial charge >= 0.3 is 24.5 Å². The summed E-state index contributed by atoms with van der Waals surface area (Å²) in [5, 5.41) is 2.40. The van der Waals surface area contributed by atoms with E-state index < -0.39 is 65.7 Å². The molecular formula is C30H28F7N3O3. The summed E-state index contributed by atoms with van der Waals surface area (Å²) in [6, 6.07) is 12.4. The lowest BCUT2D eigenvalue weighted by atomic mass is 9.97. The maximum atomic E-state index is 13.9.